The highest BCUT2D eigenvalue weighted by molar-refractivity contribution is 5.96. The molecular weight excluding hydrogens is 420 g/mol. The van der Waals surface area contributed by atoms with Gasteiger partial charge in [-0.05, 0) is 56.5 Å². The van der Waals surface area contributed by atoms with E-state index in [-0.39, 0.29) is 11.8 Å². The molecule has 33 heavy (non-hydrogen) atoms. The van der Waals surface area contributed by atoms with E-state index in [4.69, 9.17) is 9.26 Å². The number of methoxy groups -OCH3 is 1. The largest absolute Gasteiger partial charge is 0.465 e. The molecule has 1 atom stereocenters. The summed E-state index contributed by atoms with van der Waals surface area (Å²) < 4.78 is 10.3. The molecule has 8 heteroatoms. The van der Waals surface area contributed by atoms with Crippen LogP contribution in [0.1, 0.15) is 40.2 Å². The third kappa shape index (κ3) is 5.28. The van der Waals surface area contributed by atoms with E-state index in [1.807, 2.05) is 38.1 Å². The van der Waals surface area contributed by atoms with Crippen molar-refractivity contribution < 1.29 is 18.8 Å². The molecule has 1 fully saturated rings. The molecule has 1 aliphatic heterocycles. The highest BCUT2D eigenvalue weighted by Crippen LogP contribution is 2.24. The van der Waals surface area contributed by atoms with Crippen molar-refractivity contribution in [1.29, 1.82) is 0 Å². The minimum absolute atomic E-state index is 0.0593. The molecule has 0 spiro atoms. The van der Waals surface area contributed by atoms with Gasteiger partial charge in [0, 0.05) is 17.8 Å². The first-order valence-corrected chi connectivity index (χ1v) is 11.1. The van der Waals surface area contributed by atoms with Gasteiger partial charge in [-0.1, -0.05) is 35.5 Å². The molecule has 2 aromatic carbocycles. The number of rotatable bonds is 6. The lowest BCUT2D eigenvalue weighted by Crippen LogP contribution is -2.40. The Labute approximate surface area is 192 Å². The van der Waals surface area contributed by atoms with Gasteiger partial charge in [0.05, 0.1) is 25.1 Å². The molecule has 1 saturated heterocycles. The SMILES string of the molecule is COC(=O)c1ccc(C)c(NC(=O)C2CCCN(Cc3nc(-c4ccccc4C)no3)C2)c1. The van der Waals surface area contributed by atoms with Crippen molar-refractivity contribution in [2.45, 2.75) is 33.2 Å². The first kappa shape index (κ1) is 22.7. The van der Waals surface area contributed by atoms with E-state index in [9.17, 15) is 9.59 Å². The number of esters is 1. The van der Waals surface area contributed by atoms with Crippen LogP contribution in [0.15, 0.2) is 47.0 Å². The van der Waals surface area contributed by atoms with Gasteiger partial charge in [0.25, 0.3) is 0 Å². The Morgan fingerprint density at radius 2 is 2.00 bits per heavy atom. The minimum atomic E-state index is -0.432. The summed E-state index contributed by atoms with van der Waals surface area (Å²) in [7, 11) is 1.34. The Morgan fingerprint density at radius 1 is 1.18 bits per heavy atom. The minimum Gasteiger partial charge on any atom is -0.465 e. The fourth-order valence-electron chi connectivity index (χ4n) is 4.09. The van der Waals surface area contributed by atoms with Gasteiger partial charge >= 0.3 is 5.97 Å². The monoisotopic (exact) mass is 448 g/mol. The second-order valence-corrected chi connectivity index (χ2v) is 8.41. The van der Waals surface area contributed by atoms with Crippen LogP contribution in [0.5, 0.6) is 0 Å². The van der Waals surface area contributed by atoms with Gasteiger partial charge in [-0.3, -0.25) is 9.69 Å². The van der Waals surface area contributed by atoms with E-state index in [0.29, 0.717) is 36.1 Å². The second-order valence-electron chi connectivity index (χ2n) is 8.41. The summed E-state index contributed by atoms with van der Waals surface area (Å²) in [6.07, 6.45) is 1.70. The Bertz CT molecular complexity index is 1160. The smallest absolute Gasteiger partial charge is 0.337 e. The average Bonchev–Trinajstić information content (AvgIpc) is 3.28. The van der Waals surface area contributed by atoms with E-state index >= 15 is 0 Å². The maximum absolute atomic E-state index is 13.0. The number of hydrogen-bond acceptors (Lipinski definition) is 7. The number of nitrogens with zero attached hydrogens (tertiary/aromatic N) is 3. The molecule has 4 rings (SSSR count). The molecule has 172 valence electrons. The number of ether oxygens (including phenoxy) is 1. The van der Waals surface area contributed by atoms with Crippen LogP contribution < -0.4 is 5.32 Å². The van der Waals surface area contributed by atoms with Crippen molar-refractivity contribution in [3.63, 3.8) is 0 Å². The highest BCUT2D eigenvalue weighted by Gasteiger charge is 2.27. The number of likely N-dealkylation sites (tertiary alicyclic amines) is 1. The summed E-state index contributed by atoms with van der Waals surface area (Å²) in [6, 6.07) is 13.1. The summed E-state index contributed by atoms with van der Waals surface area (Å²) in [6.45, 7) is 5.87. The standard InChI is InChI=1S/C25H28N4O4/c1-16-7-4-5-9-20(16)23-27-22(33-28-23)15-29-12-6-8-19(14-29)24(30)26-21-13-18(25(31)32-3)11-10-17(21)2/h4-5,7,9-11,13,19H,6,8,12,14-15H2,1-3H3,(H,26,30). The van der Waals surface area contributed by atoms with E-state index in [2.05, 4.69) is 20.4 Å². The van der Waals surface area contributed by atoms with Gasteiger partial charge in [0.1, 0.15) is 0 Å². The predicted octanol–water partition coefficient (Wildman–Crippen LogP) is 3.99. The number of benzene rings is 2. The van der Waals surface area contributed by atoms with Crippen LogP contribution in [0.4, 0.5) is 5.69 Å². The zero-order valence-electron chi connectivity index (χ0n) is 19.1. The van der Waals surface area contributed by atoms with Crippen molar-refractivity contribution in [1.82, 2.24) is 15.0 Å². The van der Waals surface area contributed by atoms with Gasteiger partial charge in [-0.2, -0.15) is 4.98 Å². The third-order valence-corrected chi connectivity index (χ3v) is 6.01. The van der Waals surface area contributed by atoms with E-state index in [1.54, 1.807) is 18.2 Å². The normalized spacial score (nSPS) is 16.4. The zero-order chi connectivity index (χ0) is 23.4. The number of nitrogens with one attached hydrogen (secondary N) is 1. The molecule has 3 aromatic rings. The van der Waals surface area contributed by atoms with Gasteiger partial charge in [0.15, 0.2) is 0 Å². The topological polar surface area (TPSA) is 97.6 Å². The van der Waals surface area contributed by atoms with E-state index in [0.717, 1.165) is 36.1 Å². The van der Waals surface area contributed by atoms with Crippen molar-refractivity contribution in [2.24, 2.45) is 5.92 Å². The zero-order valence-corrected chi connectivity index (χ0v) is 19.1. The first-order chi connectivity index (χ1) is 15.9. The van der Waals surface area contributed by atoms with Crippen molar-refractivity contribution in [3.8, 4) is 11.4 Å². The maximum atomic E-state index is 13.0. The predicted molar refractivity (Wildman–Crippen MR) is 124 cm³/mol. The summed E-state index contributed by atoms with van der Waals surface area (Å²) in [5.41, 5.74) is 3.96. The maximum Gasteiger partial charge on any atom is 0.337 e. The Morgan fingerprint density at radius 3 is 2.79 bits per heavy atom. The lowest BCUT2D eigenvalue weighted by molar-refractivity contribution is -0.121. The number of aryl methyl sites for hydroxylation is 2. The molecule has 0 bridgehead atoms. The Kier molecular flexibility index (Phi) is 6.84. The highest BCUT2D eigenvalue weighted by atomic mass is 16.5. The number of amides is 1. The summed E-state index contributed by atoms with van der Waals surface area (Å²) in [5, 5.41) is 7.12. The summed E-state index contributed by atoms with van der Waals surface area (Å²) >= 11 is 0. The van der Waals surface area contributed by atoms with Crippen LogP contribution in [0.3, 0.4) is 0 Å². The molecule has 1 aromatic heterocycles. The van der Waals surface area contributed by atoms with Crippen molar-refractivity contribution >= 4 is 17.6 Å². The van der Waals surface area contributed by atoms with Crippen LogP contribution in [0.2, 0.25) is 0 Å². The van der Waals surface area contributed by atoms with Crippen LogP contribution >= 0.6 is 0 Å². The molecule has 0 aliphatic carbocycles. The van der Waals surface area contributed by atoms with Crippen LogP contribution in [0, 0.1) is 19.8 Å². The Balaban J connectivity index is 1.39. The first-order valence-electron chi connectivity index (χ1n) is 11.1. The van der Waals surface area contributed by atoms with Gasteiger partial charge in [-0.15, -0.1) is 0 Å². The lowest BCUT2D eigenvalue weighted by atomic mass is 9.96. The van der Waals surface area contributed by atoms with Crippen LogP contribution in [0.25, 0.3) is 11.4 Å². The molecule has 8 nitrogen and oxygen atoms in total. The number of carbonyl (C=O) groups is 2. The molecule has 1 amide bonds. The number of carbonyl (C=O) groups excluding carboxylic acids is 2. The van der Waals surface area contributed by atoms with Crippen LogP contribution in [-0.2, 0) is 16.1 Å². The van der Waals surface area contributed by atoms with Crippen molar-refractivity contribution in [2.75, 3.05) is 25.5 Å². The van der Waals surface area contributed by atoms with Crippen LogP contribution in [-0.4, -0.2) is 47.1 Å². The van der Waals surface area contributed by atoms with E-state index < -0.39 is 5.97 Å². The molecule has 0 radical (unpaired) electrons. The van der Waals surface area contributed by atoms with Crippen molar-refractivity contribution in [3.05, 3.63) is 65.0 Å². The fraction of sp³-hybridized carbons (Fsp3) is 0.360. The number of aromatic nitrogens is 2. The van der Waals surface area contributed by atoms with Gasteiger partial charge in [-0.25, -0.2) is 4.79 Å². The number of anilines is 1. The molecule has 0 saturated carbocycles. The molecule has 2 heterocycles. The molecule has 1 unspecified atom stereocenters. The van der Waals surface area contributed by atoms with Gasteiger partial charge < -0.3 is 14.6 Å². The summed E-state index contributed by atoms with van der Waals surface area (Å²) in [4.78, 5) is 31.5. The fourth-order valence-corrected chi connectivity index (χ4v) is 4.09. The van der Waals surface area contributed by atoms with E-state index in [1.165, 1.54) is 7.11 Å². The van der Waals surface area contributed by atoms with Gasteiger partial charge in [0.2, 0.25) is 17.6 Å². The number of hydrogen-bond donors (Lipinski definition) is 1. The lowest BCUT2D eigenvalue weighted by Gasteiger charge is -2.31. The Hall–Kier alpha value is -3.52. The average molecular weight is 449 g/mol. The quantitative estimate of drug-likeness (QED) is 0.570. The second kappa shape index (κ2) is 9.95. The molecule has 1 N–H and O–H groups in total. The molecular formula is C25H28N4O4. The number of piperidine rings is 1. The summed E-state index contributed by atoms with van der Waals surface area (Å²) in [5.74, 6) is 0.458. The molecule has 1 aliphatic rings. The third-order valence-electron chi connectivity index (χ3n) is 6.01.